The number of ether oxygens (including phenoxy) is 2. The van der Waals surface area contributed by atoms with Crippen molar-refractivity contribution < 1.29 is 14.6 Å². The van der Waals surface area contributed by atoms with E-state index in [1.807, 2.05) is 13.8 Å². The highest BCUT2D eigenvalue weighted by Crippen LogP contribution is 2.31. The number of hydrogen-bond acceptors (Lipinski definition) is 4. The summed E-state index contributed by atoms with van der Waals surface area (Å²) in [6, 6.07) is 2.11. The molecule has 0 atom stereocenters. The van der Waals surface area contributed by atoms with E-state index in [9.17, 15) is 0 Å². The summed E-state index contributed by atoms with van der Waals surface area (Å²) in [4.78, 5) is 0. The summed E-state index contributed by atoms with van der Waals surface area (Å²) in [5.74, 6) is 0. The van der Waals surface area contributed by atoms with Gasteiger partial charge in [-0.1, -0.05) is 13.8 Å². The van der Waals surface area contributed by atoms with Crippen LogP contribution >= 0.6 is 0 Å². The van der Waals surface area contributed by atoms with Gasteiger partial charge in [-0.15, -0.1) is 0 Å². The molecule has 1 aliphatic heterocycles. The quantitative estimate of drug-likeness (QED) is 0.738. The van der Waals surface area contributed by atoms with Gasteiger partial charge in [-0.2, -0.15) is 5.26 Å². The third kappa shape index (κ3) is 2.95. The van der Waals surface area contributed by atoms with E-state index >= 15 is 0 Å². The molecule has 0 saturated carbocycles. The minimum Gasteiger partial charge on any atom is -0.388 e. The summed E-state index contributed by atoms with van der Waals surface area (Å²) in [6.07, 6.45) is 0.417. The topological polar surface area (TPSA) is 62.5 Å². The van der Waals surface area contributed by atoms with Crippen LogP contribution in [0.5, 0.6) is 0 Å². The van der Waals surface area contributed by atoms with E-state index in [0.29, 0.717) is 19.6 Å². The minimum atomic E-state index is -0.516. The van der Waals surface area contributed by atoms with Crippen molar-refractivity contribution in [1.29, 1.82) is 5.26 Å². The van der Waals surface area contributed by atoms with Crippen molar-refractivity contribution in [1.82, 2.24) is 0 Å². The fourth-order valence-electron chi connectivity index (χ4n) is 1.44. The summed E-state index contributed by atoms with van der Waals surface area (Å²) in [5.41, 5.74) is -0.171. The third-order valence-corrected chi connectivity index (χ3v) is 2.40. The predicted octanol–water partition coefficient (Wildman–Crippen LogP) is 1.05. The van der Waals surface area contributed by atoms with Gasteiger partial charge in [0.1, 0.15) is 6.10 Å². The standard InChI is InChI=1S/C10H17NO3/c1-10(2,4-3-5-11)9-13-6-8(12)7-14-9/h8-9,12H,3-4,6-7H2,1-2H3. The number of aliphatic hydroxyl groups excluding tert-OH is 1. The van der Waals surface area contributed by atoms with E-state index in [1.54, 1.807) is 0 Å². The number of hydrogen-bond donors (Lipinski definition) is 1. The van der Waals surface area contributed by atoms with Gasteiger partial charge < -0.3 is 14.6 Å². The maximum atomic E-state index is 9.17. The molecule has 4 nitrogen and oxygen atoms in total. The Morgan fingerprint density at radius 3 is 2.50 bits per heavy atom. The van der Waals surface area contributed by atoms with Crippen LogP contribution in [-0.4, -0.2) is 30.7 Å². The summed E-state index contributed by atoms with van der Waals surface area (Å²) in [7, 11) is 0. The molecule has 1 heterocycles. The Labute approximate surface area is 84.4 Å². The van der Waals surface area contributed by atoms with E-state index in [0.717, 1.165) is 6.42 Å². The largest absolute Gasteiger partial charge is 0.388 e. The van der Waals surface area contributed by atoms with E-state index in [1.165, 1.54) is 0 Å². The Balaban J connectivity index is 2.43. The minimum absolute atomic E-state index is 0.171. The van der Waals surface area contributed by atoms with Gasteiger partial charge in [0.15, 0.2) is 6.29 Å². The van der Waals surface area contributed by atoms with Crippen molar-refractivity contribution in [2.75, 3.05) is 13.2 Å². The van der Waals surface area contributed by atoms with Gasteiger partial charge in [0.2, 0.25) is 0 Å². The van der Waals surface area contributed by atoms with Crippen LogP contribution in [0, 0.1) is 16.7 Å². The van der Waals surface area contributed by atoms with Crippen LogP contribution in [0.3, 0.4) is 0 Å². The molecule has 0 unspecified atom stereocenters. The van der Waals surface area contributed by atoms with Crippen molar-refractivity contribution in [3.63, 3.8) is 0 Å². The van der Waals surface area contributed by atoms with Crippen LogP contribution < -0.4 is 0 Å². The fourth-order valence-corrected chi connectivity index (χ4v) is 1.44. The molecule has 80 valence electrons. The lowest BCUT2D eigenvalue weighted by Gasteiger charge is -2.37. The molecule has 1 aliphatic rings. The van der Waals surface area contributed by atoms with E-state index in [4.69, 9.17) is 19.8 Å². The number of rotatable bonds is 3. The fraction of sp³-hybridized carbons (Fsp3) is 0.900. The second-order valence-electron chi connectivity index (χ2n) is 4.30. The first-order chi connectivity index (χ1) is 6.56. The monoisotopic (exact) mass is 199 g/mol. The molecule has 0 aromatic rings. The molecule has 1 N–H and O–H groups in total. The molecule has 4 heteroatoms. The van der Waals surface area contributed by atoms with Gasteiger partial charge in [0.25, 0.3) is 0 Å². The lowest BCUT2D eigenvalue weighted by molar-refractivity contribution is -0.257. The lowest BCUT2D eigenvalue weighted by atomic mass is 9.87. The molecule has 1 rings (SSSR count). The maximum absolute atomic E-state index is 9.17. The molecule has 0 aromatic carbocycles. The molecule has 1 fully saturated rings. The van der Waals surface area contributed by atoms with Crippen LogP contribution in [0.4, 0.5) is 0 Å². The SMILES string of the molecule is CC(C)(CCC#N)C1OCC(O)CO1. The van der Waals surface area contributed by atoms with Crippen LogP contribution in [-0.2, 0) is 9.47 Å². The summed E-state index contributed by atoms with van der Waals surface area (Å²) >= 11 is 0. The maximum Gasteiger partial charge on any atom is 0.162 e. The predicted molar refractivity (Wildman–Crippen MR) is 50.3 cm³/mol. The zero-order valence-electron chi connectivity index (χ0n) is 8.69. The Bertz CT molecular complexity index is 214. The van der Waals surface area contributed by atoms with Crippen LogP contribution in [0.1, 0.15) is 26.7 Å². The van der Waals surface area contributed by atoms with Crippen molar-refractivity contribution in [2.45, 2.75) is 39.1 Å². The Kier molecular flexibility index (Phi) is 3.87. The van der Waals surface area contributed by atoms with E-state index in [-0.39, 0.29) is 11.7 Å². The highest BCUT2D eigenvalue weighted by molar-refractivity contribution is 4.81. The lowest BCUT2D eigenvalue weighted by Crippen LogP contribution is -2.43. The highest BCUT2D eigenvalue weighted by atomic mass is 16.7. The van der Waals surface area contributed by atoms with Gasteiger partial charge in [-0.25, -0.2) is 0 Å². The van der Waals surface area contributed by atoms with E-state index in [2.05, 4.69) is 6.07 Å². The van der Waals surface area contributed by atoms with Crippen molar-refractivity contribution >= 4 is 0 Å². The molecule has 14 heavy (non-hydrogen) atoms. The van der Waals surface area contributed by atoms with E-state index < -0.39 is 6.10 Å². The van der Waals surface area contributed by atoms with Crippen molar-refractivity contribution in [3.8, 4) is 6.07 Å². The van der Waals surface area contributed by atoms with Gasteiger partial charge in [-0.05, 0) is 6.42 Å². The average molecular weight is 199 g/mol. The van der Waals surface area contributed by atoms with Gasteiger partial charge in [0, 0.05) is 11.8 Å². The second-order valence-corrected chi connectivity index (χ2v) is 4.30. The third-order valence-electron chi connectivity index (χ3n) is 2.40. The molecule has 1 saturated heterocycles. The first kappa shape index (κ1) is 11.4. The molecule has 0 aliphatic carbocycles. The van der Waals surface area contributed by atoms with Gasteiger partial charge in [0.05, 0.1) is 19.3 Å². The Morgan fingerprint density at radius 1 is 1.43 bits per heavy atom. The molecule has 0 radical (unpaired) electrons. The number of nitrogens with zero attached hydrogens (tertiary/aromatic N) is 1. The Morgan fingerprint density at radius 2 is 2.00 bits per heavy atom. The second kappa shape index (κ2) is 4.74. The number of aliphatic hydroxyl groups is 1. The average Bonchev–Trinajstić information content (AvgIpc) is 2.16. The summed E-state index contributed by atoms with van der Waals surface area (Å²) in [6.45, 7) is 4.65. The first-order valence-corrected chi connectivity index (χ1v) is 4.84. The van der Waals surface area contributed by atoms with Crippen molar-refractivity contribution in [3.05, 3.63) is 0 Å². The molecule has 0 aromatic heterocycles. The molecule has 0 bridgehead atoms. The van der Waals surface area contributed by atoms with Crippen molar-refractivity contribution in [2.24, 2.45) is 5.41 Å². The molecular formula is C10H17NO3. The van der Waals surface area contributed by atoms with Crippen LogP contribution in [0.15, 0.2) is 0 Å². The zero-order valence-corrected chi connectivity index (χ0v) is 8.69. The van der Waals surface area contributed by atoms with Gasteiger partial charge in [-0.3, -0.25) is 0 Å². The smallest absolute Gasteiger partial charge is 0.162 e. The number of nitriles is 1. The Hall–Kier alpha value is -0.630. The summed E-state index contributed by atoms with van der Waals surface area (Å²) < 4.78 is 10.7. The molecular weight excluding hydrogens is 182 g/mol. The van der Waals surface area contributed by atoms with Gasteiger partial charge >= 0.3 is 0 Å². The molecule has 0 spiro atoms. The molecule has 0 amide bonds. The van der Waals surface area contributed by atoms with Crippen LogP contribution in [0.25, 0.3) is 0 Å². The zero-order chi connectivity index (χ0) is 10.6. The van der Waals surface area contributed by atoms with Crippen LogP contribution in [0.2, 0.25) is 0 Å². The highest BCUT2D eigenvalue weighted by Gasteiger charge is 2.34. The normalized spacial score (nSPS) is 28.4. The first-order valence-electron chi connectivity index (χ1n) is 4.84. The summed E-state index contributed by atoms with van der Waals surface area (Å²) in [5, 5.41) is 17.7.